The van der Waals surface area contributed by atoms with Crippen LogP contribution >= 0.6 is 0 Å². The largest absolute Gasteiger partial charge is 0.451 e. The molecule has 22 heavy (non-hydrogen) atoms. The highest BCUT2D eigenvalue weighted by Crippen LogP contribution is 2.29. The Morgan fingerprint density at radius 3 is 2.36 bits per heavy atom. The Labute approximate surface area is 124 Å². The van der Waals surface area contributed by atoms with E-state index in [2.05, 4.69) is 15.0 Å². The summed E-state index contributed by atoms with van der Waals surface area (Å²) in [6.07, 6.45) is -2.75. The fraction of sp³-hybridized carbons (Fsp3) is 0.267. The first kappa shape index (κ1) is 14.5. The number of fused-ring (bicyclic) bond motifs is 1. The average Bonchev–Trinajstić information content (AvgIpc) is 2.90. The van der Waals surface area contributed by atoms with Crippen molar-refractivity contribution >= 4 is 11.2 Å². The van der Waals surface area contributed by atoms with Crippen molar-refractivity contribution < 1.29 is 13.2 Å². The van der Waals surface area contributed by atoms with Gasteiger partial charge in [0.25, 0.3) is 0 Å². The van der Waals surface area contributed by atoms with Gasteiger partial charge in [-0.25, -0.2) is 15.0 Å². The van der Waals surface area contributed by atoms with E-state index < -0.39 is 12.0 Å². The zero-order valence-corrected chi connectivity index (χ0v) is 12.0. The summed E-state index contributed by atoms with van der Waals surface area (Å²) >= 11 is 0. The fourth-order valence-corrected chi connectivity index (χ4v) is 2.23. The molecule has 7 heteroatoms. The van der Waals surface area contributed by atoms with E-state index in [0.29, 0.717) is 23.3 Å². The van der Waals surface area contributed by atoms with Gasteiger partial charge in [-0.15, -0.1) is 0 Å². The van der Waals surface area contributed by atoms with Crippen LogP contribution in [0.2, 0.25) is 0 Å². The van der Waals surface area contributed by atoms with E-state index >= 15 is 0 Å². The van der Waals surface area contributed by atoms with Gasteiger partial charge in [0.1, 0.15) is 11.8 Å². The number of imidazole rings is 1. The van der Waals surface area contributed by atoms with Crippen molar-refractivity contribution in [3.63, 3.8) is 0 Å². The summed E-state index contributed by atoms with van der Waals surface area (Å²) in [5.74, 6) is -1.13. The highest BCUT2D eigenvalue weighted by molar-refractivity contribution is 5.75. The van der Waals surface area contributed by atoms with Crippen molar-refractivity contribution in [2.24, 2.45) is 0 Å². The summed E-state index contributed by atoms with van der Waals surface area (Å²) in [6.45, 7) is 3.68. The van der Waals surface area contributed by atoms with Crippen LogP contribution in [0.3, 0.4) is 0 Å². The van der Waals surface area contributed by atoms with Crippen LogP contribution in [0.25, 0.3) is 16.9 Å². The smallest absolute Gasteiger partial charge is 0.283 e. The Morgan fingerprint density at radius 1 is 1.09 bits per heavy atom. The standard InChI is InChI=1S/C15H13F3N4/c1-3-11-12-13(21-14(20-11)15(16,17)18)22(8-19-12)10-6-4-9(2)5-7-10/h4-8H,3H2,1-2H3. The summed E-state index contributed by atoms with van der Waals surface area (Å²) in [5, 5.41) is 0. The number of aryl methyl sites for hydroxylation is 2. The molecule has 0 radical (unpaired) electrons. The zero-order valence-electron chi connectivity index (χ0n) is 12.0. The molecular weight excluding hydrogens is 293 g/mol. The van der Waals surface area contributed by atoms with Gasteiger partial charge in [0.2, 0.25) is 5.82 Å². The second-order valence-electron chi connectivity index (χ2n) is 4.97. The van der Waals surface area contributed by atoms with E-state index in [1.165, 1.54) is 6.33 Å². The lowest BCUT2D eigenvalue weighted by Crippen LogP contribution is -2.13. The van der Waals surface area contributed by atoms with Gasteiger partial charge in [0.05, 0.1) is 5.69 Å². The maximum Gasteiger partial charge on any atom is 0.451 e. The zero-order chi connectivity index (χ0) is 15.9. The first-order valence-electron chi connectivity index (χ1n) is 6.78. The molecule has 0 fully saturated rings. The number of hydrogen-bond acceptors (Lipinski definition) is 3. The van der Waals surface area contributed by atoms with E-state index in [4.69, 9.17) is 0 Å². The van der Waals surface area contributed by atoms with Crippen molar-refractivity contribution in [1.82, 2.24) is 19.5 Å². The highest BCUT2D eigenvalue weighted by atomic mass is 19.4. The summed E-state index contributed by atoms with van der Waals surface area (Å²) < 4.78 is 40.5. The van der Waals surface area contributed by atoms with Gasteiger partial charge in [-0.3, -0.25) is 4.57 Å². The van der Waals surface area contributed by atoms with Gasteiger partial charge in [-0.2, -0.15) is 13.2 Å². The molecule has 4 nitrogen and oxygen atoms in total. The summed E-state index contributed by atoms with van der Waals surface area (Å²) in [6, 6.07) is 7.40. The molecule has 0 atom stereocenters. The van der Waals surface area contributed by atoms with Crippen LogP contribution in [0.1, 0.15) is 24.0 Å². The Morgan fingerprint density at radius 2 is 1.77 bits per heavy atom. The molecule has 1 aromatic carbocycles. The first-order chi connectivity index (χ1) is 10.4. The maximum atomic E-state index is 13.0. The molecule has 0 saturated heterocycles. The molecule has 2 aromatic heterocycles. The van der Waals surface area contributed by atoms with E-state index in [1.807, 2.05) is 31.2 Å². The Kier molecular flexibility index (Phi) is 3.35. The molecule has 0 aliphatic carbocycles. The molecule has 0 spiro atoms. The highest BCUT2D eigenvalue weighted by Gasteiger charge is 2.36. The number of aromatic nitrogens is 4. The van der Waals surface area contributed by atoms with Crippen molar-refractivity contribution in [2.45, 2.75) is 26.4 Å². The number of nitrogens with zero attached hydrogens (tertiary/aromatic N) is 4. The lowest BCUT2D eigenvalue weighted by atomic mass is 10.2. The molecule has 2 heterocycles. The predicted molar refractivity (Wildman–Crippen MR) is 75.8 cm³/mol. The Balaban J connectivity index is 2.26. The molecule has 3 aromatic rings. The third-order valence-electron chi connectivity index (χ3n) is 3.37. The van der Waals surface area contributed by atoms with Crippen LogP contribution in [0.4, 0.5) is 13.2 Å². The minimum Gasteiger partial charge on any atom is -0.283 e. The molecule has 0 aliphatic heterocycles. The van der Waals surface area contributed by atoms with Crippen LogP contribution in [0, 0.1) is 6.92 Å². The molecule has 0 saturated carbocycles. The normalized spacial score (nSPS) is 12.0. The van der Waals surface area contributed by atoms with Gasteiger partial charge in [-0.05, 0) is 25.5 Å². The van der Waals surface area contributed by atoms with E-state index in [0.717, 1.165) is 5.56 Å². The molecule has 114 valence electrons. The first-order valence-corrected chi connectivity index (χ1v) is 6.78. The van der Waals surface area contributed by atoms with Crippen molar-refractivity contribution in [2.75, 3.05) is 0 Å². The van der Waals surface area contributed by atoms with Gasteiger partial charge < -0.3 is 0 Å². The van der Waals surface area contributed by atoms with Crippen LogP contribution in [0.5, 0.6) is 0 Å². The average molecular weight is 306 g/mol. The number of alkyl halides is 3. The van der Waals surface area contributed by atoms with Crippen molar-refractivity contribution in [1.29, 1.82) is 0 Å². The van der Waals surface area contributed by atoms with Gasteiger partial charge >= 0.3 is 6.18 Å². The van der Waals surface area contributed by atoms with Crippen LogP contribution < -0.4 is 0 Å². The Hall–Kier alpha value is -2.44. The molecule has 0 bridgehead atoms. The predicted octanol–water partition coefficient (Wildman–Crippen LogP) is 3.71. The quantitative estimate of drug-likeness (QED) is 0.725. The lowest BCUT2D eigenvalue weighted by molar-refractivity contribution is -0.144. The van der Waals surface area contributed by atoms with Gasteiger partial charge in [0, 0.05) is 5.69 Å². The second-order valence-corrected chi connectivity index (χ2v) is 4.97. The van der Waals surface area contributed by atoms with Crippen molar-refractivity contribution in [3.05, 3.63) is 47.7 Å². The number of rotatable bonds is 2. The van der Waals surface area contributed by atoms with Crippen LogP contribution in [0.15, 0.2) is 30.6 Å². The van der Waals surface area contributed by atoms with Gasteiger partial charge in [0.15, 0.2) is 5.65 Å². The molecule has 0 aliphatic rings. The minimum atomic E-state index is -4.58. The Bertz CT molecular complexity index is 819. The molecule has 0 amide bonds. The van der Waals surface area contributed by atoms with E-state index in [9.17, 15) is 13.2 Å². The second kappa shape index (κ2) is 5.08. The monoisotopic (exact) mass is 306 g/mol. The lowest BCUT2D eigenvalue weighted by Gasteiger charge is -2.09. The van der Waals surface area contributed by atoms with E-state index in [1.54, 1.807) is 11.5 Å². The third-order valence-corrected chi connectivity index (χ3v) is 3.37. The minimum absolute atomic E-state index is 0.169. The van der Waals surface area contributed by atoms with Gasteiger partial charge in [-0.1, -0.05) is 24.6 Å². The van der Waals surface area contributed by atoms with Crippen LogP contribution in [-0.2, 0) is 12.6 Å². The number of benzene rings is 1. The number of halogens is 3. The van der Waals surface area contributed by atoms with Crippen molar-refractivity contribution in [3.8, 4) is 5.69 Å². The summed E-state index contributed by atoms with van der Waals surface area (Å²) in [4.78, 5) is 11.5. The molecule has 3 rings (SSSR count). The third kappa shape index (κ3) is 2.43. The fourth-order valence-electron chi connectivity index (χ4n) is 2.23. The molecule has 0 N–H and O–H groups in total. The molecule has 0 unspecified atom stereocenters. The maximum absolute atomic E-state index is 13.0. The number of hydrogen-bond donors (Lipinski definition) is 0. The van der Waals surface area contributed by atoms with Crippen LogP contribution in [-0.4, -0.2) is 19.5 Å². The summed E-state index contributed by atoms with van der Waals surface area (Å²) in [5.41, 5.74) is 2.64. The topological polar surface area (TPSA) is 43.6 Å². The summed E-state index contributed by atoms with van der Waals surface area (Å²) in [7, 11) is 0. The SMILES string of the molecule is CCc1nc(C(F)(F)F)nc2c1ncn2-c1ccc(C)cc1. The van der Waals surface area contributed by atoms with E-state index in [-0.39, 0.29) is 5.65 Å². The molecular formula is C15H13F3N4.